The fraction of sp³-hybridized carbons (Fsp3) is 0.500. The first kappa shape index (κ1) is 15.4. The van der Waals surface area contributed by atoms with E-state index in [-0.39, 0.29) is 11.8 Å². The van der Waals surface area contributed by atoms with Gasteiger partial charge in [-0.05, 0) is 31.0 Å². The molecule has 1 fully saturated rings. The lowest BCUT2D eigenvalue weighted by molar-refractivity contribution is -0.121. The van der Waals surface area contributed by atoms with E-state index in [4.69, 9.17) is 5.73 Å². The maximum Gasteiger partial charge on any atom is 0.251 e. The molecule has 0 spiro atoms. The Balaban J connectivity index is 1.68. The van der Waals surface area contributed by atoms with Gasteiger partial charge >= 0.3 is 0 Å². The number of amides is 2. The second kappa shape index (κ2) is 7.67. The van der Waals surface area contributed by atoms with Crippen molar-refractivity contribution in [2.45, 2.75) is 44.6 Å². The average Bonchev–Trinajstić information content (AvgIpc) is 2.48. The highest BCUT2D eigenvalue weighted by Crippen LogP contribution is 2.17. The number of nitrogen functional groups attached to an aromatic ring is 1. The molecule has 21 heavy (non-hydrogen) atoms. The summed E-state index contributed by atoms with van der Waals surface area (Å²) >= 11 is 0. The summed E-state index contributed by atoms with van der Waals surface area (Å²) in [7, 11) is 0. The third-order valence-corrected chi connectivity index (χ3v) is 3.76. The summed E-state index contributed by atoms with van der Waals surface area (Å²) in [6.45, 7) is 0.339. The van der Waals surface area contributed by atoms with Gasteiger partial charge in [0, 0.05) is 30.3 Å². The fourth-order valence-corrected chi connectivity index (χ4v) is 2.62. The van der Waals surface area contributed by atoms with E-state index < -0.39 is 0 Å². The van der Waals surface area contributed by atoms with Gasteiger partial charge in [0.25, 0.3) is 5.91 Å². The molecule has 2 rings (SSSR count). The normalized spacial score (nSPS) is 15.4. The van der Waals surface area contributed by atoms with Gasteiger partial charge < -0.3 is 16.4 Å². The zero-order valence-corrected chi connectivity index (χ0v) is 12.2. The summed E-state index contributed by atoms with van der Waals surface area (Å²) in [5, 5.41) is 5.77. The minimum atomic E-state index is -0.201. The number of nitrogens with one attached hydrogen (secondary N) is 2. The van der Waals surface area contributed by atoms with E-state index in [0.29, 0.717) is 30.3 Å². The Morgan fingerprint density at radius 1 is 1.19 bits per heavy atom. The molecule has 1 aliphatic rings. The summed E-state index contributed by atoms with van der Waals surface area (Å²) in [5.41, 5.74) is 6.70. The van der Waals surface area contributed by atoms with Gasteiger partial charge in [0.05, 0.1) is 0 Å². The van der Waals surface area contributed by atoms with Gasteiger partial charge in [-0.2, -0.15) is 0 Å². The van der Waals surface area contributed by atoms with Gasteiger partial charge in [-0.15, -0.1) is 0 Å². The summed E-state index contributed by atoms with van der Waals surface area (Å²) in [6, 6.07) is 7.11. The van der Waals surface area contributed by atoms with Gasteiger partial charge in [0.1, 0.15) is 0 Å². The molecule has 4 N–H and O–H groups in total. The molecule has 0 atom stereocenters. The van der Waals surface area contributed by atoms with Crippen LogP contribution in [0.25, 0.3) is 0 Å². The van der Waals surface area contributed by atoms with Crippen LogP contribution in [0.5, 0.6) is 0 Å². The molecule has 5 heteroatoms. The van der Waals surface area contributed by atoms with Crippen molar-refractivity contribution in [3.8, 4) is 0 Å². The average molecular weight is 289 g/mol. The zero-order chi connectivity index (χ0) is 15.1. The number of benzene rings is 1. The van der Waals surface area contributed by atoms with Gasteiger partial charge in [-0.25, -0.2) is 0 Å². The Morgan fingerprint density at radius 2 is 1.95 bits per heavy atom. The summed E-state index contributed by atoms with van der Waals surface area (Å²) in [5.74, 6) is -0.192. The van der Waals surface area contributed by atoms with E-state index in [2.05, 4.69) is 10.6 Å². The molecule has 114 valence electrons. The minimum Gasteiger partial charge on any atom is -0.399 e. The van der Waals surface area contributed by atoms with Crippen LogP contribution in [0.1, 0.15) is 48.9 Å². The molecule has 0 aromatic heterocycles. The van der Waals surface area contributed by atoms with Crippen LogP contribution < -0.4 is 16.4 Å². The lowest BCUT2D eigenvalue weighted by Crippen LogP contribution is -2.38. The Hall–Kier alpha value is -2.04. The SMILES string of the molecule is Nc1cccc(C(=O)NCCC(=O)NC2CCCCC2)c1. The molecule has 2 amide bonds. The quantitative estimate of drug-likeness (QED) is 0.723. The van der Waals surface area contributed by atoms with Crippen LogP contribution in [0.4, 0.5) is 5.69 Å². The summed E-state index contributed by atoms with van der Waals surface area (Å²) in [6.07, 6.45) is 6.10. The topological polar surface area (TPSA) is 84.2 Å². The molecule has 1 aromatic rings. The number of hydrogen-bond donors (Lipinski definition) is 3. The van der Waals surface area contributed by atoms with Gasteiger partial charge in [0.2, 0.25) is 5.91 Å². The van der Waals surface area contributed by atoms with E-state index in [9.17, 15) is 9.59 Å². The van der Waals surface area contributed by atoms with Crippen molar-refractivity contribution in [2.24, 2.45) is 0 Å². The van der Waals surface area contributed by atoms with Crippen LogP contribution in [0, 0.1) is 0 Å². The third-order valence-electron chi connectivity index (χ3n) is 3.76. The van der Waals surface area contributed by atoms with Gasteiger partial charge in [-0.1, -0.05) is 25.3 Å². The number of anilines is 1. The van der Waals surface area contributed by atoms with Crippen LogP contribution in [0.2, 0.25) is 0 Å². The van der Waals surface area contributed by atoms with Crippen molar-refractivity contribution in [3.05, 3.63) is 29.8 Å². The van der Waals surface area contributed by atoms with Crippen LogP contribution >= 0.6 is 0 Å². The Morgan fingerprint density at radius 3 is 2.67 bits per heavy atom. The second-order valence-corrected chi connectivity index (χ2v) is 5.53. The Bertz CT molecular complexity index is 496. The molecule has 0 unspecified atom stereocenters. The number of nitrogens with two attached hydrogens (primary N) is 1. The predicted molar refractivity (Wildman–Crippen MR) is 82.8 cm³/mol. The maximum absolute atomic E-state index is 11.9. The summed E-state index contributed by atoms with van der Waals surface area (Å²) < 4.78 is 0. The highest BCUT2D eigenvalue weighted by Gasteiger charge is 2.15. The van der Waals surface area contributed by atoms with Gasteiger partial charge in [-0.3, -0.25) is 9.59 Å². The first-order valence-corrected chi connectivity index (χ1v) is 7.58. The molecule has 5 nitrogen and oxygen atoms in total. The van der Waals surface area contributed by atoms with Crippen molar-refractivity contribution in [1.82, 2.24) is 10.6 Å². The van der Waals surface area contributed by atoms with Gasteiger partial charge in [0.15, 0.2) is 0 Å². The number of carbonyl (C=O) groups is 2. The standard InChI is InChI=1S/C16H23N3O2/c17-13-6-4-5-12(11-13)16(21)18-10-9-15(20)19-14-7-2-1-3-8-14/h4-6,11,14H,1-3,7-10,17H2,(H,18,21)(H,19,20). The van der Waals surface area contributed by atoms with Crippen molar-refractivity contribution < 1.29 is 9.59 Å². The molecule has 0 aliphatic heterocycles. The van der Waals surface area contributed by atoms with E-state index in [1.165, 1.54) is 19.3 Å². The minimum absolute atomic E-state index is 0.00905. The predicted octanol–water partition coefficient (Wildman–Crippen LogP) is 1.84. The lowest BCUT2D eigenvalue weighted by Gasteiger charge is -2.22. The number of rotatable bonds is 5. The van der Waals surface area contributed by atoms with Crippen LogP contribution in [0.15, 0.2) is 24.3 Å². The number of carbonyl (C=O) groups excluding carboxylic acids is 2. The molecule has 0 saturated heterocycles. The monoisotopic (exact) mass is 289 g/mol. The smallest absolute Gasteiger partial charge is 0.251 e. The van der Waals surface area contributed by atoms with Crippen LogP contribution in [-0.2, 0) is 4.79 Å². The molecule has 1 aliphatic carbocycles. The first-order valence-electron chi connectivity index (χ1n) is 7.58. The molecule has 0 radical (unpaired) electrons. The van der Waals surface area contributed by atoms with E-state index in [0.717, 1.165) is 12.8 Å². The van der Waals surface area contributed by atoms with Crippen molar-refractivity contribution in [1.29, 1.82) is 0 Å². The zero-order valence-electron chi connectivity index (χ0n) is 12.2. The Kier molecular flexibility index (Phi) is 5.60. The first-order chi connectivity index (χ1) is 10.1. The van der Waals surface area contributed by atoms with Crippen LogP contribution in [0.3, 0.4) is 0 Å². The molecular formula is C16H23N3O2. The molecule has 1 saturated carbocycles. The number of hydrogen-bond acceptors (Lipinski definition) is 3. The third kappa shape index (κ3) is 5.10. The molecular weight excluding hydrogens is 266 g/mol. The highest BCUT2D eigenvalue weighted by atomic mass is 16.2. The van der Waals surface area contributed by atoms with Crippen molar-refractivity contribution >= 4 is 17.5 Å². The summed E-state index contributed by atoms with van der Waals surface area (Å²) in [4.78, 5) is 23.7. The van der Waals surface area contributed by atoms with Crippen molar-refractivity contribution in [3.63, 3.8) is 0 Å². The largest absolute Gasteiger partial charge is 0.399 e. The maximum atomic E-state index is 11.9. The fourth-order valence-electron chi connectivity index (χ4n) is 2.62. The van der Waals surface area contributed by atoms with E-state index in [1.807, 2.05) is 0 Å². The lowest BCUT2D eigenvalue weighted by atomic mass is 9.95. The van der Waals surface area contributed by atoms with E-state index >= 15 is 0 Å². The van der Waals surface area contributed by atoms with Crippen LogP contribution in [-0.4, -0.2) is 24.4 Å². The Labute approximate surface area is 125 Å². The highest BCUT2D eigenvalue weighted by molar-refractivity contribution is 5.95. The molecule has 1 aromatic carbocycles. The second-order valence-electron chi connectivity index (χ2n) is 5.53. The van der Waals surface area contributed by atoms with E-state index in [1.54, 1.807) is 24.3 Å². The molecule has 0 heterocycles. The molecule has 0 bridgehead atoms. The van der Waals surface area contributed by atoms with Crippen molar-refractivity contribution in [2.75, 3.05) is 12.3 Å².